The monoisotopic (exact) mass is 486 g/mol. The number of ether oxygens (including phenoxy) is 1. The van der Waals surface area contributed by atoms with E-state index in [1.165, 1.54) is 6.42 Å². The number of rotatable bonds is 11. The van der Waals surface area contributed by atoms with Gasteiger partial charge in [0.15, 0.2) is 6.61 Å². The lowest BCUT2D eigenvalue weighted by Crippen LogP contribution is -2.36. The lowest BCUT2D eigenvalue weighted by Gasteiger charge is -2.30. The second-order valence-corrected chi connectivity index (χ2v) is 8.79. The number of carbonyl (C=O) groups is 2. The summed E-state index contributed by atoms with van der Waals surface area (Å²) in [6.45, 7) is 9.23. The molecular formula is C26H35ClN4O3. The topological polar surface area (TPSA) is 73.9 Å². The van der Waals surface area contributed by atoms with Crippen LogP contribution in [0.15, 0.2) is 42.5 Å². The highest BCUT2D eigenvalue weighted by Gasteiger charge is 2.20. The highest BCUT2D eigenvalue weighted by molar-refractivity contribution is 6.30. The van der Waals surface area contributed by atoms with Crippen LogP contribution in [0.25, 0.3) is 0 Å². The maximum atomic E-state index is 13.1. The SMILES string of the molecule is CCN(CC)CCNC(=O)c1cc(NC(=O)COc2ccc(Cl)cc2)ccc1N1CCCCC1. The molecule has 1 fully saturated rings. The molecule has 3 rings (SSSR count). The molecular weight excluding hydrogens is 452 g/mol. The van der Waals surface area contributed by atoms with Crippen LogP contribution in [0.3, 0.4) is 0 Å². The first kappa shape index (κ1) is 25.8. The largest absolute Gasteiger partial charge is 0.484 e. The van der Waals surface area contributed by atoms with Gasteiger partial charge in [-0.25, -0.2) is 0 Å². The van der Waals surface area contributed by atoms with E-state index in [1.807, 2.05) is 12.1 Å². The zero-order chi connectivity index (χ0) is 24.3. The van der Waals surface area contributed by atoms with Gasteiger partial charge < -0.3 is 25.2 Å². The summed E-state index contributed by atoms with van der Waals surface area (Å²) in [5.41, 5.74) is 2.06. The van der Waals surface area contributed by atoms with Crippen molar-refractivity contribution in [2.75, 3.05) is 56.1 Å². The Bertz CT molecular complexity index is 942. The molecule has 0 spiro atoms. The molecule has 0 saturated carbocycles. The number of piperidine rings is 1. The molecule has 0 bridgehead atoms. The number of likely N-dealkylation sites (N-methyl/N-ethyl adjacent to an activating group) is 1. The summed E-state index contributed by atoms with van der Waals surface area (Å²) >= 11 is 5.88. The van der Waals surface area contributed by atoms with Crippen molar-refractivity contribution in [3.05, 3.63) is 53.1 Å². The van der Waals surface area contributed by atoms with Gasteiger partial charge in [-0.3, -0.25) is 9.59 Å². The Morgan fingerprint density at radius 3 is 2.41 bits per heavy atom. The Morgan fingerprint density at radius 2 is 1.74 bits per heavy atom. The highest BCUT2D eigenvalue weighted by atomic mass is 35.5. The van der Waals surface area contributed by atoms with E-state index >= 15 is 0 Å². The van der Waals surface area contributed by atoms with Crippen LogP contribution in [0.2, 0.25) is 5.02 Å². The van der Waals surface area contributed by atoms with Gasteiger partial charge >= 0.3 is 0 Å². The second-order valence-electron chi connectivity index (χ2n) is 8.35. The van der Waals surface area contributed by atoms with Gasteiger partial charge in [-0.2, -0.15) is 0 Å². The Labute approximate surface area is 207 Å². The van der Waals surface area contributed by atoms with E-state index in [0.717, 1.165) is 51.3 Å². The average Bonchev–Trinajstić information content (AvgIpc) is 2.86. The summed E-state index contributed by atoms with van der Waals surface area (Å²) in [5.74, 6) is 0.142. The minimum Gasteiger partial charge on any atom is -0.484 e. The Kier molecular flexibility index (Phi) is 10.0. The lowest BCUT2D eigenvalue weighted by molar-refractivity contribution is -0.118. The van der Waals surface area contributed by atoms with E-state index < -0.39 is 0 Å². The fourth-order valence-electron chi connectivity index (χ4n) is 4.05. The normalized spacial score (nSPS) is 13.6. The van der Waals surface area contributed by atoms with Crippen LogP contribution in [0.5, 0.6) is 5.75 Å². The molecule has 7 nitrogen and oxygen atoms in total. The molecule has 8 heteroatoms. The third kappa shape index (κ3) is 7.64. The van der Waals surface area contributed by atoms with Gasteiger partial charge in [-0.05, 0) is 74.8 Å². The summed E-state index contributed by atoms with van der Waals surface area (Å²) in [6, 6.07) is 12.4. The van der Waals surface area contributed by atoms with Crippen molar-refractivity contribution in [3.8, 4) is 5.75 Å². The molecule has 2 aromatic carbocycles. The van der Waals surface area contributed by atoms with Gasteiger partial charge in [-0.1, -0.05) is 25.4 Å². The number of amides is 2. The molecule has 34 heavy (non-hydrogen) atoms. The van der Waals surface area contributed by atoms with Crippen molar-refractivity contribution in [1.82, 2.24) is 10.2 Å². The fourth-order valence-corrected chi connectivity index (χ4v) is 4.17. The second kappa shape index (κ2) is 13.2. The van der Waals surface area contributed by atoms with E-state index in [1.54, 1.807) is 30.3 Å². The molecule has 0 radical (unpaired) electrons. The molecule has 2 aromatic rings. The first-order valence-corrected chi connectivity index (χ1v) is 12.5. The minimum atomic E-state index is -0.298. The molecule has 1 aliphatic rings. The first-order valence-electron chi connectivity index (χ1n) is 12.1. The standard InChI is InChI=1S/C26H35ClN4O3/c1-3-30(4-2)17-14-28-26(33)23-18-21(10-13-24(23)31-15-6-5-7-16-31)29-25(32)19-34-22-11-8-20(27)9-12-22/h8-13,18H,3-7,14-17,19H2,1-2H3,(H,28,33)(H,29,32). The van der Waals surface area contributed by atoms with Gasteiger partial charge in [0.2, 0.25) is 0 Å². The number of nitrogens with zero attached hydrogens (tertiary/aromatic N) is 2. The number of hydrogen-bond donors (Lipinski definition) is 2. The smallest absolute Gasteiger partial charge is 0.262 e. The van der Waals surface area contributed by atoms with Crippen molar-refractivity contribution in [2.24, 2.45) is 0 Å². The van der Waals surface area contributed by atoms with E-state index in [-0.39, 0.29) is 18.4 Å². The van der Waals surface area contributed by atoms with Gasteiger partial charge in [0.1, 0.15) is 5.75 Å². The summed E-state index contributed by atoms with van der Waals surface area (Å²) in [6.07, 6.45) is 3.44. The van der Waals surface area contributed by atoms with E-state index in [4.69, 9.17) is 16.3 Å². The van der Waals surface area contributed by atoms with Crippen molar-refractivity contribution in [1.29, 1.82) is 0 Å². The van der Waals surface area contributed by atoms with Gasteiger partial charge in [0.05, 0.1) is 5.56 Å². The molecule has 184 valence electrons. The van der Waals surface area contributed by atoms with Gasteiger partial charge in [0, 0.05) is 42.6 Å². The molecule has 0 atom stereocenters. The number of anilines is 2. The van der Waals surface area contributed by atoms with E-state index in [0.29, 0.717) is 28.6 Å². The lowest BCUT2D eigenvalue weighted by atomic mass is 10.1. The molecule has 2 N–H and O–H groups in total. The molecule has 1 saturated heterocycles. The van der Waals surface area contributed by atoms with Gasteiger partial charge in [0.25, 0.3) is 11.8 Å². The summed E-state index contributed by atoms with van der Waals surface area (Å²) in [7, 11) is 0. The zero-order valence-corrected chi connectivity index (χ0v) is 20.9. The van der Waals surface area contributed by atoms with Crippen molar-refractivity contribution >= 4 is 34.8 Å². The number of hydrogen-bond acceptors (Lipinski definition) is 5. The third-order valence-electron chi connectivity index (χ3n) is 6.01. The number of nitrogens with one attached hydrogen (secondary N) is 2. The number of carbonyl (C=O) groups excluding carboxylic acids is 2. The number of benzene rings is 2. The fraction of sp³-hybridized carbons (Fsp3) is 0.462. The summed E-state index contributed by atoms with van der Waals surface area (Å²) in [4.78, 5) is 30.1. The Hall–Kier alpha value is -2.77. The summed E-state index contributed by atoms with van der Waals surface area (Å²) in [5, 5.41) is 6.50. The third-order valence-corrected chi connectivity index (χ3v) is 6.27. The quantitative estimate of drug-likeness (QED) is 0.492. The van der Waals surface area contributed by atoms with Crippen LogP contribution >= 0.6 is 11.6 Å². The molecule has 1 aliphatic heterocycles. The summed E-state index contributed by atoms with van der Waals surface area (Å²) < 4.78 is 5.53. The first-order chi connectivity index (χ1) is 16.5. The van der Waals surface area contributed by atoms with Crippen molar-refractivity contribution in [3.63, 3.8) is 0 Å². The maximum absolute atomic E-state index is 13.1. The van der Waals surface area contributed by atoms with Crippen molar-refractivity contribution in [2.45, 2.75) is 33.1 Å². The molecule has 2 amide bonds. The highest BCUT2D eigenvalue weighted by Crippen LogP contribution is 2.27. The maximum Gasteiger partial charge on any atom is 0.262 e. The van der Waals surface area contributed by atoms with E-state index in [9.17, 15) is 9.59 Å². The Balaban J connectivity index is 1.68. The van der Waals surface area contributed by atoms with E-state index in [2.05, 4.69) is 34.3 Å². The molecule has 0 unspecified atom stereocenters. The zero-order valence-electron chi connectivity index (χ0n) is 20.1. The predicted molar refractivity (Wildman–Crippen MR) is 138 cm³/mol. The van der Waals surface area contributed by atoms with Gasteiger partial charge in [-0.15, -0.1) is 0 Å². The average molecular weight is 487 g/mol. The minimum absolute atomic E-state index is 0.124. The van der Waals surface area contributed by atoms with Crippen LogP contribution in [-0.4, -0.2) is 62.6 Å². The Morgan fingerprint density at radius 1 is 1.03 bits per heavy atom. The van der Waals surface area contributed by atoms with Crippen LogP contribution in [-0.2, 0) is 4.79 Å². The molecule has 0 aliphatic carbocycles. The predicted octanol–water partition coefficient (Wildman–Crippen LogP) is 4.42. The number of halogens is 1. The van der Waals surface area contributed by atoms with Crippen LogP contribution in [0.4, 0.5) is 11.4 Å². The van der Waals surface area contributed by atoms with Crippen LogP contribution < -0.4 is 20.3 Å². The molecule has 0 aromatic heterocycles. The van der Waals surface area contributed by atoms with Crippen LogP contribution in [0.1, 0.15) is 43.5 Å². The van der Waals surface area contributed by atoms with Crippen LogP contribution in [0, 0.1) is 0 Å². The van der Waals surface area contributed by atoms with Crippen molar-refractivity contribution < 1.29 is 14.3 Å². The molecule has 1 heterocycles.